The molecule has 0 spiro atoms. The van der Waals surface area contributed by atoms with Crippen molar-refractivity contribution in [1.29, 1.82) is 0 Å². The van der Waals surface area contributed by atoms with Gasteiger partial charge < -0.3 is 0 Å². The maximum absolute atomic E-state index is 6.83. The Labute approximate surface area is 178 Å². The van der Waals surface area contributed by atoms with Gasteiger partial charge in [0.15, 0.2) is 0 Å². The molecule has 0 saturated heterocycles. The average molecular weight is 489 g/mol. The SMILES string of the molecule is CCC[CH2][Sn]([CH2]CCC)([CH2]CCC)[c]1cc(-c2ccccc2)c(CC(C)C)o1. The molecule has 1 nitrogen and oxygen atoms in total. The minimum absolute atomic E-state index is 0.619. The van der Waals surface area contributed by atoms with Crippen molar-refractivity contribution >= 4 is 22.2 Å². The van der Waals surface area contributed by atoms with Crippen LogP contribution < -0.4 is 3.78 Å². The van der Waals surface area contributed by atoms with Crippen LogP contribution >= 0.6 is 0 Å². The third kappa shape index (κ3) is 6.40. The van der Waals surface area contributed by atoms with Crippen molar-refractivity contribution in [3.63, 3.8) is 0 Å². The molecule has 0 aliphatic rings. The molecule has 1 aromatic carbocycles. The Hall–Kier alpha value is -0.701. The van der Waals surface area contributed by atoms with Gasteiger partial charge in [-0.15, -0.1) is 0 Å². The van der Waals surface area contributed by atoms with Gasteiger partial charge in [-0.2, -0.15) is 0 Å². The molecule has 0 N–H and O–H groups in total. The molecule has 1 heterocycles. The molecule has 0 radical (unpaired) electrons. The van der Waals surface area contributed by atoms with Gasteiger partial charge in [-0.3, -0.25) is 0 Å². The summed E-state index contributed by atoms with van der Waals surface area (Å²) in [6.45, 7) is 11.6. The van der Waals surface area contributed by atoms with E-state index in [1.54, 1.807) is 0 Å². The first-order chi connectivity index (χ1) is 13.6. The van der Waals surface area contributed by atoms with Crippen LogP contribution in [-0.4, -0.2) is 18.4 Å². The van der Waals surface area contributed by atoms with Crippen molar-refractivity contribution < 1.29 is 4.42 Å². The van der Waals surface area contributed by atoms with Crippen LogP contribution in [0.3, 0.4) is 0 Å². The summed E-state index contributed by atoms with van der Waals surface area (Å²) in [5, 5.41) is 0. The summed E-state index contributed by atoms with van der Waals surface area (Å²) in [4.78, 5) is 0. The van der Waals surface area contributed by atoms with Gasteiger partial charge in [0.25, 0.3) is 0 Å². The van der Waals surface area contributed by atoms with Crippen LogP contribution in [0, 0.1) is 5.92 Å². The second kappa shape index (κ2) is 12.1. The number of furan rings is 1. The third-order valence-corrected chi connectivity index (χ3v) is 20.9. The van der Waals surface area contributed by atoms with Crippen LogP contribution in [-0.2, 0) is 6.42 Å². The van der Waals surface area contributed by atoms with E-state index >= 15 is 0 Å². The van der Waals surface area contributed by atoms with E-state index in [9.17, 15) is 0 Å². The molecule has 156 valence electrons. The van der Waals surface area contributed by atoms with Crippen molar-refractivity contribution in [2.45, 2.75) is 92.9 Å². The van der Waals surface area contributed by atoms with Crippen LogP contribution in [0.4, 0.5) is 0 Å². The van der Waals surface area contributed by atoms with Gasteiger partial charge in [0.2, 0.25) is 0 Å². The molecule has 2 heteroatoms. The number of hydrogen-bond acceptors (Lipinski definition) is 1. The summed E-state index contributed by atoms with van der Waals surface area (Å²) >= 11 is -2.52. The van der Waals surface area contributed by atoms with Crippen molar-refractivity contribution in [2.24, 2.45) is 5.92 Å². The molecule has 28 heavy (non-hydrogen) atoms. The standard InChI is InChI=1S/C14H15O.3C4H9.Sn/c1-11(2)10-14-13(8-9-15-14)12-6-4-3-5-7-12;3*1-3-4-2;/h3-8,11H,10H2,1-2H3;3*1,3-4H2,2H3;. The maximum atomic E-state index is 6.83. The number of rotatable bonds is 13. The van der Waals surface area contributed by atoms with E-state index in [0.717, 1.165) is 6.42 Å². The van der Waals surface area contributed by atoms with Crippen molar-refractivity contribution in [1.82, 2.24) is 0 Å². The summed E-state index contributed by atoms with van der Waals surface area (Å²) in [6.07, 6.45) is 9.10. The molecular formula is C26H42OSn. The van der Waals surface area contributed by atoms with E-state index in [4.69, 9.17) is 4.42 Å². The first kappa shape index (κ1) is 23.6. The van der Waals surface area contributed by atoms with Gasteiger partial charge in [0, 0.05) is 0 Å². The normalized spacial score (nSPS) is 12.1. The Kier molecular flexibility index (Phi) is 10.2. The van der Waals surface area contributed by atoms with Crippen LogP contribution in [0.25, 0.3) is 11.1 Å². The van der Waals surface area contributed by atoms with Gasteiger partial charge >= 0.3 is 179 Å². The third-order valence-electron chi connectivity index (χ3n) is 6.04. The van der Waals surface area contributed by atoms with Gasteiger partial charge in [-0.05, 0) is 0 Å². The molecule has 0 amide bonds. The molecule has 0 fully saturated rings. The summed E-state index contributed by atoms with van der Waals surface area (Å²) < 4.78 is 12.7. The molecule has 0 bridgehead atoms. The Balaban J connectivity index is 2.52. The predicted molar refractivity (Wildman–Crippen MR) is 127 cm³/mol. The van der Waals surface area contributed by atoms with E-state index in [0.29, 0.717) is 5.92 Å². The number of hydrogen-bond donors (Lipinski definition) is 0. The van der Waals surface area contributed by atoms with E-state index in [-0.39, 0.29) is 0 Å². The Morgan fingerprint density at radius 2 is 1.36 bits per heavy atom. The minimum atomic E-state index is -2.52. The van der Waals surface area contributed by atoms with Crippen LogP contribution in [0.5, 0.6) is 0 Å². The van der Waals surface area contributed by atoms with Crippen LogP contribution in [0.15, 0.2) is 40.8 Å². The molecule has 0 aliphatic heterocycles. The zero-order chi connectivity index (χ0) is 20.4. The first-order valence-corrected chi connectivity index (χ1v) is 19.2. The summed E-state index contributed by atoms with van der Waals surface area (Å²) in [6, 6.07) is 13.4. The first-order valence-electron chi connectivity index (χ1n) is 11.7. The van der Waals surface area contributed by atoms with Crippen LogP contribution in [0.1, 0.15) is 78.9 Å². The Bertz CT molecular complexity index is 649. The summed E-state index contributed by atoms with van der Waals surface area (Å²) in [5.74, 6) is 1.86. The topological polar surface area (TPSA) is 13.1 Å². The predicted octanol–water partition coefficient (Wildman–Crippen LogP) is 8.20. The average Bonchev–Trinajstić information content (AvgIpc) is 3.12. The number of benzene rings is 1. The Morgan fingerprint density at radius 1 is 0.821 bits per heavy atom. The van der Waals surface area contributed by atoms with E-state index in [1.807, 2.05) is 0 Å². The van der Waals surface area contributed by atoms with E-state index in [2.05, 4.69) is 71.0 Å². The zero-order valence-electron chi connectivity index (χ0n) is 19.0. The molecular weight excluding hydrogens is 447 g/mol. The molecule has 0 atom stereocenters. The molecule has 0 unspecified atom stereocenters. The zero-order valence-corrected chi connectivity index (χ0v) is 21.9. The van der Waals surface area contributed by atoms with Crippen molar-refractivity contribution in [2.75, 3.05) is 0 Å². The van der Waals surface area contributed by atoms with Gasteiger partial charge in [-0.1, -0.05) is 0 Å². The van der Waals surface area contributed by atoms with Gasteiger partial charge in [0.1, 0.15) is 0 Å². The second-order valence-corrected chi connectivity index (χ2v) is 22.0. The summed E-state index contributed by atoms with van der Waals surface area (Å²) in [7, 11) is 0. The van der Waals surface area contributed by atoms with Crippen molar-refractivity contribution in [3.05, 3.63) is 42.2 Å². The van der Waals surface area contributed by atoms with Crippen LogP contribution in [0.2, 0.25) is 13.3 Å². The molecule has 1 aromatic heterocycles. The van der Waals surface area contributed by atoms with E-state index < -0.39 is 18.4 Å². The number of unbranched alkanes of at least 4 members (excludes halogenated alkanes) is 3. The van der Waals surface area contributed by atoms with Gasteiger partial charge in [-0.25, -0.2) is 0 Å². The fourth-order valence-corrected chi connectivity index (χ4v) is 19.7. The van der Waals surface area contributed by atoms with Gasteiger partial charge in [0.05, 0.1) is 0 Å². The molecule has 2 rings (SSSR count). The fourth-order valence-electron chi connectivity index (χ4n) is 4.36. The summed E-state index contributed by atoms with van der Waals surface area (Å²) in [5.41, 5.74) is 2.70. The van der Waals surface area contributed by atoms with Crippen molar-refractivity contribution in [3.8, 4) is 11.1 Å². The molecule has 0 aliphatic carbocycles. The monoisotopic (exact) mass is 490 g/mol. The Morgan fingerprint density at radius 3 is 1.82 bits per heavy atom. The molecule has 0 saturated carbocycles. The van der Waals surface area contributed by atoms with E-state index in [1.165, 1.54) is 72.5 Å². The molecule has 2 aromatic rings. The quantitative estimate of drug-likeness (QED) is 0.259. The fraction of sp³-hybridized carbons (Fsp3) is 0.615. The second-order valence-electron chi connectivity index (χ2n) is 9.00.